The van der Waals surface area contributed by atoms with Crippen molar-refractivity contribution in [3.8, 4) is 17.2 Å². The second kappa shape index (κ2) is 6.79. The Hall–Kier alpha value is -2.58. The minimum Gasteiger partial charge on any atom is -0.493 e. The fraction of sp³-hybridized carbons (Fsp3) is 0.350. The van der Waals surface area contributed by atoms with Crippen LogP contribution in [0.1, 0.15) is 23.2 Å². The lowest BCUT2D eigenvalue weighted by atomic mass is 9.89. The van der Waals surface area contributed by atoms with E-state index in [4.69, 9.17) is 14.2 Å². The first kappa shape index (κ1) is 18.8. The van der Waals surface area contributed by atoms with E-state index in [0.29, 0.717) is 29.2 Å². The summed E-state index contributed by atoms with van der Waals surface area (Å²) in [6.45, 7) is 0.413. The van der Waals surface area contributed by atoms with Crippen LogP contribution in [0.25, 0.3) is 0 Å². The van der Waals surface area contributed by atoms with Crippen LogP contribution in [0.5, 0.6) is 17.2 Å². The zero-order valence-corrected chi connectivity index (χ0v) is 16.5. The van der Waals surface area contributed by atoms with Gasteiger partial charge in [0.05, 0.1) is 37.6 Å². The Morgan fingerprint density at radius 3 is 2.57 bits per heavy atom. The molecule has 148 valence electrons. The van der Waals surface area contributed by atoms with Crippen molar-refractivity contribution in [3.63, 3.8) is 0 Å². The van der Waals surface area contributed by atoms with E-state index in [1.807, 2.05) is 0 Å². The van der Waals surface area contributed by atoms with Gasteiger partial charge in [0.1, 0.15) is 11.4 Å². The van der Waals surface area contributed by atoms with Gasteiger partial charge < -0.3 is 14.2 Å². The molecule has 1 fully saturated rings. The lowest BCUT2D eigenvalue weighted by Crippen LogP contribution is -2.45. The normalized spacial score (nSPS) is 22.0. The van der Waals surface area contributed by atoms with Gasteiger partial charge in [-0.1, -0.05) is 12.1 Å². The van der Waals surface area contributed by atoms with E-state index in [9.17, 15) is 13.2 Å². The Labute approximate surface area is 163 Å². The second-order valence-electron chi connectivity index (χ2n) is 6.99. The van der Waals surface area contributed by atoms with Crippen molar-refractivity contribution in [2.75, 3.05) is 27.3 Å². The summed E-state index contributed by atoms with van der Waals surface area (Å²) in [5, 5.41) is 0. The smallest absolute Gasteiger partial charge is 0.243 e. The number of ketones is 1. The highest BCUT2D eigenvalue weighted by molar-refractivity contribution is 7.89. The first-order chi connectivity index (χ1) is 13.4. The first-order valence-corrected chi connectivity index (χ1v) is 10.4. The molecule has 0 aliphatic carbocycles. The van der Waals surface area contributed by atoms with Crippen molar-refractivity contribution in [1.82, 2.24) is 4.31 Å². The maximum Gasteiger partial charge on any atom is 0.243 e. The molecule has 1 spiro atoms. The Morgan fingerprint density at radius 2 is 1.82 bits per heavy atom. The molecule has 2 aliphatic rings. The van der Waals surface area contributed by atoms with Crippen LogP contribution < -0.4 is 14.2 Å². The molecule has 8 heteroatoms. The predicted molar refractivity (Wildman–Crippen MR) is 102 cm³/mol. The number of nitrogens with zero attached hydrogens (tertiary/aromatic N) is 1. The van der Waals surface area contributed by atoms with Crippen molar-refractivity contribution in [2.24, 2.45) is 0 Å². The Kier molecular flexibility index (Phi) is 4.55. The maximum absolute atomic E-state index is 13.1. The van der Waals surface area contributed by atoms with Crippen molar-refractivity contribution in [2.45, 2.75) is 23.3 Å². The minimum atomic E-state index is -3.76. The summed E-state index contributed by atoms with van der Waals surface area (Å²) >= 11 is 0. The molecule has 1 atom stereocenters. The number of methoxy groups -OCH3 is 2. The number of rotatable bonds is 4. The molecule has 0 N–H and O–H groups in total. The Morgan fingerprint density at radius 1 is 1.07 bits per heavy atom. The van der Waals surface area contributed by atoms with Gasteiger partial charge in [0, 0.05) is 19.0 Å². The van der Waals surface area contributed by atoms with Gasteiger partial charge in [-0.25, -0.2) is 8.42 Å². The topological polar surface area (TPSA) is 82.1 Å². The van der Waals surface area contributed by atoms with Crippen LogP contribution in [0.2, 0.25) is 0 Å². The van der Waals surface area contributed by atoms with E-state index in [1.165, 1.54) is 30.7 Å². The molecule has 1 unspecified atom stereocenters. The van der Waals surface area contributed by atoms with E-state index in [1.54, 1.807) is 30.3 Å². The van der Waals surface area contributed by atoms with Gasteiger partial charge in [0.25, 0.3) is 0 Å². The van der Waals surface area contributed by atoms with Gasteiger partial charge in [-0.05, 0) is 24.3 Å². The van der Waals surface area contributed by atoms with Crippen LogP contribution in [0, 0.1) is 0 Å². The number of ether oxygens (including phenoxy) is 3. The molecule has 0 radical (unpaired) electrons. The number of hydrogen-bond acceptors (Lipinski definition) is 6. The summed E-state index contributed by atoms with van der Waals surface area (Å²) in [7, 11) is -0.812. The molecule has 0 amide bonds. The molecule has 4 rings (SSSR count). The maximum atomic E-state index is 13.1. The van der Waals surface area contributed by atoms with Crippen LogP contribution in [-0.4, -0.2) is 51.4 Å². The molecule has 28 heavy (non-hydrogen) atoms. The summed E-state index contributed by atoms with van der Waals surface area (Å²) in [6.07, 6.45) is 0.627. The third-order valence-corrected chi connectivity index (χ3v) is 7.11. The number of benzene rings is 2. The van der Waals surface area contributed by atoms with Crippen molar-refractivity contribution in [1.29, 1.82) is 0 Å². The highest BCUT2D eigenvalue weighted by Crippen LogP contribution is 2.40. The van der Waals surface area contributed by atoms with Gasteiger partial charge in [-0.15, -0.1) is 0 Å². The van der Waals surface area contributed by atoms with Crippen LogP contribution in [0.3, 0.4) is 0 Å². The number of hydrogen-bond donors (Lipinski definition) is 0. The van der Waals surface area contributed by atoms with Crippen molar-refractivity contribution in [3.05, 3.63) is 48.0 Å². The third kappa shape index (κ3) is 3.02. The standard InChI is InChI=1S/C20H21NO6S/c1-25-18-8-7-14(11-19(18)26-2)28(23,24)21-10-9-20(13-21)12-16(22)15-5-3-4-6-17(15)27-20/h3-8,11H,9-10,12-13H2,1-2H3. The lowest BCUT2D eigenvalue weighted by Gasteiger charge is -2.34. The molecule has 2 aromatic rings. The van der Waals surface area contributed by atoms with E-state index in [2.05, 4.69) is 0 Å². The quantitative estimate of drug-likeness (QED) is 0.780. The molecule has 2 heterocycles. The number of Topliss-reactive ketones (excluding diaryl/α,β-unsaturated/α-hetero) is 1. The minimum absolute atomic E-state index is 0.0211. The van der Waals surface area contributed by atoms with Gasteiger partial charge >= 0.3 is 0 Å². The number of carbonyl (C=O) groups excluding carboxylic acids is 1. The van der Waals surface area contributed by atoms with E-state index in [0.717, 1.165) is 0 Å². The summed E-state index contributed by atoms with van der Waals surface area (Å²) < 4.78 is 44.2. The Balaban J connectivity index is 1.61. The zero-order chi connectivity index (χ0) is 19.9. The fourth-order valence-corrected chi connectivity index (χ4v) is 5.34. The van der Waals surface area contributed by atoms with E-state index in [-0.39, 0.29) is 30.2 Å². The predicted octanol–water partition coefficient (Wildman–Crippen LogP) is 2.50. The number of sulfonamides is 1. The van der Waals surface area contributed by atoms with Crippen molar-refractivity contribution < 1.29 is 27.4 Å². The Bertz CT molecular complexity index is 1030. The van der Waals surface area contributed by atoms with Gasteiger partial charge in [0.15, 0.2) is 17.3 Å². The largest absolute Gasteiger partial charge is 0.493 e. The number of para-hydroxylation sites is 1. The molecule has 0 bridgehead atoms. The second-order valence-corrected chi connectivity index (χ2v) is 8.92. The van der Waals surface area contributed by atoms with Crippen LogP contribution in [-0.2, 0) is 10.0 Å². The molecule has 7 nitrogen and oxygen atoms in total. The van der Waals surface area contributed by atoms with Crippen LogP contribution in [0.4, 0.5) is 0 Å². The third-order valence-electron chi connectivity index (χ3n) is 5.27. The summed E-state index contributed by atoms with van der Waals surface area (Å²) in [4.78, 5) is 12.7. The monoisotopic (exact) mass is 403 g/mol. The average Bonchev–Trinajstić information content (AvgIpc) is 3.11. The van der Waals surface area contributed by atoms with Gasteiger partial charge in [-0.2, -0.15) is 4.31 Å². The zero-order valence-electron chi connectivity index (χ0n) is 15.7. The lowest BCUT2D eigenvalue weighted by molar-refractivity contribution is 0.0498. The van der Waals surface area contributed by atoms with Crippen molar-refractivity contribution >= 4 is 15.8 Å². The SMILES string of the molecule is COc1ccc(S(=O)(=O)N2CCC3(CC(=O)c4ccccc4O3)C2)cc1OC. The molecular formula is C20H21NO6S. The molecular weight excluding hydrogens is 382 g/mol. The molecule has 0 aromatic heterocycles. The molecule has 2 aliphatic heterocycles. The summed E-state index contributed by atoms with van der Waals surface area (Å²) in [5.74, 6) is 1.30. The first-order valence-electron chi connectivity index (χ1n) is 8.92. The fourth-order valence-electron chi connectivity index (χ4n) is 3.81. The molecule has 0 saturated carbocycles. The molecule has 2 aromatic carbocycles. The summed E-state index contributed by atoms with van der Waals surface area (Å²) in [5.41, 5.74) is -0.274. The molecule has 1 saturated heterocycles. The van der Waals surface area contributed by atoms with E-state index >= 15 is 0 Å². The highest BCUT2D eigenvalue weighted by atomic mass is 32.2. The highest BCUT2D eigenvalue weighted by Gasteiger charge is 2.49. The van der Waals surface area contributed by atoms with Gasteiger partial charge in [0.2, 0.25) is 10.0 Å². The average molecular weight is 403 g/mol. The van der Waals surface area contributed by atoms with Crippen LogP contribution >= 0.6 is 0 Å². The van der Waals surface area contributed by atoms with Crippen LogP contribution in [0.15, 0.2) is 47.4 Å². The van der Waals surface area contributed by atoms with E-state index < -0.39 is 15.6 Å². The summed E-state index contributed by atoms with van der Waals surface area (Å²) in [6, 6.07) is 11.6. The number of fused-ring (bicyclic) bond motifs is 1. The number of carbonyl (C=O) groups is 1. The van der Waals surface area contributed by atoms with Gasteiger partial charge in [-0.3, -0.25) is 4.79 Å².